The smallest absolute Gasteiger partial charge is 0.203 e. The fourth-order valence-corrected chi connectivity index (χ4v) is 8.44. The molecular formula is C56H102O3. The molecule has 0 unspecified atom stereocenters. The second-order valence-electron chi connectivity index (χ2n) is 18.3. The molecule has 0 amide bonds. The molecule has 0 atom stereocenters. The van der Waals surface area contributed by atoms with Crippen molar-refractivity contribution in [1.29, 1.82) is 0 Å². The molecule has 344 valence electrons. The average Bonchev–Trinajstić information content (AvgIpc) is 3.25. The fourth-order valence-electron chi connectivity index (χ4n) is 8.44. The molecule has 3 nitrogen and oxygen atoms in total. The van der Waals surface area contributed by atoms with Crippen LogP contribution in [0.5, 0.6) is 17.2 Å². The van der Waals surface area contributed by atoms with Crippen molar-refractivity contribution in [3.8, 4) is 29.6 Å². The molecule has 0 radical (unpaired) electrons. The predicted molar refractivity (Wildman–Crippen MR) is 262 cm³/mol. The summed E-state index contributed by atoms with van der Waals surface area (Å²) < 4.78 is 19.4. The summed E-state index contributed by atoms with van der Waals surface area (Å²) in [5, 5.41) is 0. The largest absolute Gasteiger partial charge is 0.490 e. The minimum atomic E-state index is 0.692. The molecule has 1 aromatic rings. The second kappa shape index (κ2) is 45.7. The monoisotopic (exact) mass is 823 g/mol. The lowest BCUT2D eigenvalue weighted by Gasteiger charge is -2.18. The van der Waals surface area contributed by atoms with Crippen LogP contribution in [0.15, 0.2) is 12.1 Å². The van der Waals surface area contributed by atoms with E-state index in [1.807, 2.05) is 12.1 Å². The first-order chi connectivity index (χ1) is 29.3. The van der Waals surface area contributed by atoms with Gasteiger partial charge in [0, 0.05) is 5.56 Å². The third-order valence-corrected chi connectivity index (χ3v) is 12.4. The van der Waals surface area contributed by atoms with Gasteiger partial charge in [-0.05, 0) is 31.4 Å². The van der Waals surface area contributed by atoms with Crippen molar-refractivity contribution in [3.63, 3.8) is 0 Å². The summed E-state index contributed by atoms with van der Waals surface area (Å²) in [6.07, 6.45) is 62.9. The molecule has 0 bridgehead atoms. The quantitative estimate of drug-likeness (QED) is 0.0484. The van der Waals surface area contributed by atoms with Gasteiger partial charge in [0.05, 0.1) is 19.8 Å². The lowest BCUT2D eigenvalue weighted by atomic mass is 10.0. The number of benzene rings is 1. The lowest BCUT2D eigenvalue weighted by molar-refractivity contribution is 0.234. The molecule has 0 aliphatic rings. The van der Waals surface area contributed by atoms with Gasteiger partial charge in [-0.2, -0.15) is 0 Å². The Morgan fingerprint density at radius 1 is 0.305 bits per heavy atom. The first-order valence-electron chi connectivity index (χ1n) is 26.8. The number of hydrogen-bond acceptors (Lipinski definition) is 3. The van der Waals surface area contributed by atoms with Crippen LogP contribution in [0.3, 0.4) is 0 Å². The topological polar surface area (TPSA) is 27.7 Å². The van der Waals surface area contributed by atoms with Gasteiger partial charge in [0.15, 0.2) is 11.5 Å². The molecule has 1 rings (SSSR count). The van der Waals surface area contributed by atoms with Gasteiger partial charge in [0.25, 0.3) is 0 Å². The summed E-state index contributed by atoms with van der Waals surface area (Å²) >= 11 is 0. The van der Waals surface area contributed by atoms with Gasteiger partial charge in [-0.1, -0.05) is 277 Å². The highest BCUT2D eigenvalue weighted by atomic mass is 16.5. The van der Waals surface area contributed by atoms with E-state index < -0.39 is 0 Å². The van der Waals surface area contributed by atoms with Crippen molar-refractivity contribution in [1.82, 2.24) is 0 Å². The molecule has 3 heteroatoms. The Morgan fingerprint density at radius 2 is 0.508 bits per heavy atom. The van der Waals surface area contributed by atoms with Crippen LogP contribution < -0.4 is 14.2 Å². The van der Waals surface area contributed by atoms with Gasteiger partial charge in [-0.15, -0.1) is 6.42 Å². The zero-order valence-corrected chi connectivity index (χ0v) is 40.3. The Bertz CT molecular complexity index is 971. The van der Waals surface area contributed by atoms with Crippen LogP contribution in [-0.2, 0) is 0 Å². The van der Waals surface area contributed by atoms with E-state index in [2.05, 4.69) is 26.7 Å². The molecular weight excluding hydrogens is 721 g/mol. The Morgan fingerprint density at radius 3 is 0.729 bits per heavy atom. The van der Waals surface area contributed by atoms with Crippen LogP contribution in [0.2, 0.25) is 0 Å². The molecule has 0 aliphatic carbocycles. The highest BCUT2D eigenvalue weighted by Gasteiger charge is 2.16. The van der Waals surface area contributed by atoms with Crippen LogP contribution in [0.4, 0.5) is 0 Å². The Hall–Kier alpha value is -1.82. The summed E-state index contributed by atoms with van der Waals surface area (Å²) in [5.74, 6) is 5.13. The second-order valence-corrected chi connectivity index (χ2v) is 18.3. The number of rotatable bonds is 48. The molecule has 0 heterocycles. The molecule has 0 saturated carbocycles. The SMILES string of the molecule is C#Cc1cc(OCCCCCCCCCCCCCCCC)c(OCCCCCCCCCCCCCCCC)c(OCCCCCCCCCCCCCCCC)c1. The molecule has 0 N–H and O–H groups in total. The van der Waals surface area contributed by atoms with Crippen LogP contribution in [0.25, 0.3) is 0 Å². The van der Waals surface area contributed by atoms with Crippen molar-refractivity contribution < 1.29 is 14.2 Å². The standard InChI is InChI=1S/C56H102O3/c1-5-9-12-15-18-21-24-27-30-33-36-39-42-45-48-57-54-51-53(8-4)52-55(58-49-46-43-40-37-34-31-28-25-22-19-16-13-10-6-2)56(54)59-50-47-44-41-38-35-32-29-26-23-20-17-14-11-7-3/h4,51-52H,5-7,9-50H2,1-3H3. The Kier molecular flexibility index (Phi) is 42.8. The highest BCUT2D eigenvalue weighted by molar-refractivity contribution is 5.57. The normalized spacial score (nSPS) is 11.3. The van der Waals surface area contributed by atoms with Crippen molar-refractivity contribution in [3.05, 3.63) is 17.7 Å². The van der Waals surface area contributed by atoms with E-state index in [9.17, 15) is 0 Å². The van der Waals surface area contributed by atoms with E-state index in [0.717, 1.165) is 42.1 Å². The maximum Gasteiger partial charge on any atom is 0.203 e. The zero-order valence-electron chi connectivity index (χ0n) is 40.3. The Balaban J connectivity index is 2.44. The number of hydrogen-bond donors (Lipinski definition) is 0. The average molecular weight is 823 g/mol. The van der Waals surface area contributed by atoms with E-state index in [-0.39, 0.29) is 0 Å². The van der Waals surface area contributed by atoms with Gasteiger partial charge in [0.1, 0.15) is 0 Å². The number of unbranched alkanes of at least 4 members (excludes halogenated alkanes) is 39. The summed E-state index contributed by atoms with van der Waals surface area (Å²) in [7, 11) is 0. The van der Waals surface area contributed by atoms with E-state index in [1.165, 1.54) is 250 Å². The lowest BCUT2D eigenvalue weighted by Crippen LogP contribution is -2.07. The number of ether oxygens (including phenoxy) is 3. The van der Waals surface area contributed by atoms with Gasteiger partial charge in [0.2, 0.25) is 5.75 Å². The van der Waals surface area contributed by atoms with Crippen molar-refractivity contribution in [2.45, 2.75) is 290 Å². The molecule has 59 heavy (non-hydrogen) atoms. The van der Waals surface area contributed by atoms with Crippen molar-refractivity contribution in [2.75, 3.05) is 19.8 Å². The predicted octanol–water partition coefficient (Wildman–Crippen LogP) is 19.2. The van der Waals surface area contributed by atoms with Gasteiger partial charge >= 0.3 is 0 Å². The van der Waals surface area contributed by atoms with Crippen LogP contribution >= 0.6 is 0 Å². The van der Waals surface area contributed by atoms with Crippen LogP contribution in [0, 0.1) is 12.3 Å². The molecule has 1 aromatic carbocycles. The first kappa shape index (κ1) is 55.2. The third-order valence-electron chi connectivity index (χ3n) is 12.4. The zero-order chi connectivity index (χ0) is 42.4. The van der Waals surface area contributed by atoms with E-state index in [1.54, 1.807) is 0 Å². The van der Waals surface area contributed by atoms with E-state index in [4.69, 9.17) is 20.6 Å². The molecule has 0 saturated heterocycles. The van der Waals surface area contributed by atoms with Gasteiger partial charge in [-0.25, -0.2) is 0 Å². The van der Waals surface area contributed by atoms with Crippen molar-refractivity contribution in [2.24, 2.45) is 0 Å². The van der Waals surface area contributed by atoms with E-state index in [0.29, 0.717) is 19.8 Å². The highest BCUT2D eigenvalue weighted by Crippen LogP contribution is 2.39. The first-order valence-corrected chi connectivity index (χ1v) is 26.8. The summed E-state index contributed by atoms with van der Waals surface area (Å²) in [5.41, 5.74) is 0.806. The summed E-state index contributed by atoms with van der Waals surface area (Å²) in [4.78, 5) is 0. The fraction of sp³-hybridized carbons (Fsp3) is 0.857. The van der Waals surface area contributed by atoms with Crippen LogP contribution in [-0.4, -0.2) is 19.8 Å². The molecule has 0 spiro atoms. The Labute approximate surface area is 370 Å². The molecule has 0 aromatic heterocycles. The van der Waals surface area contributed by atoms with Gasteiger partial charge in [-0.3, -0.25) is 0 Å². The van der Waals surface area contributed by atoms with Gasteiger partial charge < -0.3 is 14.2 Å². The summed E-state index contributed by atoms with van der Waals surface area (Å²) in [6.45, 7) is 8.98. The van der Waals surface area contributed by atoms with E-state index >= 15 is 0 Å². The minimum absolute atomic E-state index is 0.692. The molecule has 0 aliphatic heterocycles. The van der Waals surface area contributed by atoms with Crippen LogP contribution in [0.1, 0.15) is 296 Å². The molecule has 0 fully saturated rings. The van der Waals surface area contributed by atoms with Crippen molar-refractivity contribution >= 4 is 0 Å². The summed E-state index contributed by atoms with van der Waals surface area (Å²) in [6, 6.07) is 3.98. The minimum Gasteiger partial charge on any atom is -0.490 e. The maximum absolute atomic E-state index is 6.51. The number of terminal acetylenes is 1. The third kappa shape index (κ3) is 36.5. The maximum atomic E-state index is 6.51.